The molecule has 4 atom stereocenters. The molecule has 1 spiro atoms. The van der Waals surface area contributed by atoms with Gasteiger partial charge < -0.3 is 24.2 Å². The fraction of sp³-hybridized carbons (Fsp3) is 0.317. The fourth-order valence-corrected chi connectivity index (χ4v) is 9.03. The van der Waals surface area contributed by atoms with Crippen LogP contribution in [0.3, 0.4) is 0 Å². The highest BCUT2D eigenvalue weighted by Crippen LogP contribution is 2.61. The molecule has 0 radical (unpaired) electrons. The second kappa shape index (κ2) is 9.84. The van der Waals surface area contributed by atoms with E-state index in [-0.39, 0.29) is 29.9 Å². The van der Waals surface area contributed by atoms with Crippen LogP contribution < -0.4 is 15.4 Å². The van der Waals surface area contributed by atoms with Crippen molar-refractivity contribution in [3.05, 3.63) is 112 Å². The highest BCUT2D eigenvalue weighted by molar-refractivity contribution is 5.97. The summed E-state index contributed by atoms with van der Waals surface area (Å²) < 4.78 is 20.5. The molecule has 9 heteroatoms. The number of ketones is 1. The predicted molar refractivity (Wildman–Crippen MR) is 184 cm³/mol. The Morgan fingerprint density at radius 3 is 2.74 bits per heavy atom. The molecule has 6 heterocycles. The van der Waals surface area contributed by atoms with Crippen LogP contribution >= 0.6 is 0 Å². The van der Waals surface area contributed by atoms with Crippen molar-refractivity contribution in [1.29, 1.82) is 0 Å². The Hall–Kier alpha value is -5.44. The monoisotopic (exact) mass is 662 g/mol. The van der Waals surface area contributed by atoms with Crippen LogP contribution in [0.5, 0.6) is 5.75 Å². The van der Waals surface area contributed by atoms with Gasteiger partial charge in [0, 0.05) is 46.2 Å². The molecule has 0 saturated heterocycles. The molecular weight excluding hydrogens is 628 g/mol. The van der Waals surface area contributed by atoms with Crippen molar-refractivity contribution < 1.29 is 23.2 Å². The fourth-order valence-electron chi connectivity index (χ4n) is 9.03. The van der Waals surface area contributed by atoms with E-state index in [9.17, 15) is 9.59 Å². The molecule has 2 N–H and O–H groups in total. The lowest BCUT2D eigenvalue weighted by Crippen LogP contribution is -2.40. The Morgan fingerprint density at radius 1 is 1.02 bits per heavy atom. The van der Waals surface area contributed by atoms with E-state index >= 15 is 0 Å². The van der Waals surface area contributed by atoms with E-state index in [0.717, 1.165) is 69.7 Å². The molecule has 1 fully saturated rings. The first kappa shape index (κ1) is 28.4. The number of rotatable bonds is 4. The molecule has 9 nitrogen and oxygen atoms in total. The van der Waals surface area contributed by atoms with Gasteiger partial charge in [-0.15, -0.1) is 0 Å². The van der Waals surface area contributed by atoms with Crippen molar-refractivity contribution in [3.8, 4) is 28.5 Å². The zero-order chi connectivity index (χ0) is 33.5. The third-order valence-corrected chi connectivity index (χ3v) is 11.6. The van der Waals surface area contributed by atoms with Crippen molar-refractivity contribution in [3.63, 3.8) is 0 Å². The molecule has 5 aromatic rings. The Kier molecular flexibility index (Phi) is 5.59. The third-order valence-electron chi connectivity index (χ3n) is 11.6. The lowest BCUT2D eigenvalue weighted by Gasteiger charge is -2.28. The number of carbonyl (C=O) groups is 2. The van der Waals surface area contributed by atoms with Gasteiger partial charge in [-0.3, -0.25) is 9.59 Å². The Bertz CT molecular complexity index is 2360. The summed E-state index contributed by atoms with van der Waals surface area (Å²) in [6.07, 6.45) is 6.66. The summed E-state index contributed by atoms with van der Waals surface area (Å²) in [6, 6.07) is 18.5. The summed E-state index contributed by atoms with van der Waals surface area (Å²) in [4.78, 5) is 37.3. The van der Waals surface area contributed by atoms with E-state index < -0.39 is 23.6 Å². The van der Waals surface area contributed by atoms with E-state index in [1.807, 2.05) is 26.0 Å². The van der Waals surface area contributed by atoms with Crippen molar-refractivity contribution >= 4 is 23.0 Å². The number of allylic oxidation sites excluding steroid dienone is 1. The molecule has 4 aliphatic heterocycles. The number of oxazole rings is 2. The molecule has 1 amide bonds. The van der Waals surface area contributed by atoms with Crippen LogP contribution in [0, 0.1) is 17.8 Å². The first-order valence-electron chi connectivity index (χ1n) is 17.7. The van der Waals surface area contributed by atoms with Crippen molar-refractivity contribution in [2.45, 2.75) is 63.6 Å². The summed E-state index contributed by atoms with van der Waals surface area (Å²) in [6.45, 7) is 4.08. The van der Waals surface area contributed by atoms with E-state index in [4.69, 9.17) is 23.5 Å². The number of nitrogens with zero attached hydrogens (tertiary/aromatic N) is 2. The summed E-state index contributed by atoms with van der Waals surface area (Å²) in [5.74, 6) is 2.12. The van der Waals surface area contributed by atoms with Gasteiger partial charge in [-0.25, -0.2) is 9.97 Å². The highest BCUT2D eigenvalue weighted by Gasteiger charge is 2.61. The van der Waals surface area contributed by atoms with Crippen LogP contribution in [0.4, 0.5) is 5.69 Å². The molecule has 11 rings (SSSR count). The largest absolute Gasteiger partial charge is 0.469 e. The maximum Gasteiger partial charge on any atom is 0.249 e. The molecule has 248 valence electrons. The van der Waals surface area contributed by atoms with Crippen LogP contribution in [0.15, 0.2) is 75.7 Å². The van der Waals surface area contributed by atoms with E-state index in [1.165, 1.54) is 5.56 Å². The minimum absolute atomic E-state index is 0.0677. The topological polar surface area (TPSA) is 119 Å². The molecule has 50 heavy (non-hydrogen) atoms. The Labute approximate surface area is 288 Å². The first-order chi connectivity index (χ1) is 24.4. The van der Waals surface area contributed by atoms with Gasteiger partial charge in [-0.05, 0) is 59.9 Å². The number of anilines is 1. The number of hydrogen-bond acceptors (Lipinski definition) is 8. The summed E-state index contributed by atoms with van der Waals surface area (Å²) in [5, 5.41) is 7.09. The minimum atomic E-state index is -0.966. The number of carbonyl (C=O) groups excluding carboxylic acids is 2. The lowest BCUT2D eigenvalue weighted by atomic mass is 9.72. The Balaban J connectivity index is 1.23. The molecule has 2 aliphatic carbocycles. The van der Waals surface area contributed by atoms with Gasteiger partial charge in [0.1, 0.15) is 23.0 Å². The lowest BCUT2D eigenvalue weighted by molar-refractivity contribution is -0.130. The van der Waals surface area contributed by atoms with Gasteiger partial charge >= 0.3 is 0 Å². The SMILES string of the molecule is CC(C)[C@@H]1NC(=O)C(CC(=O)C2CC2)Cc2ccc3c(c2)C24c5cccc(c5N[C@H]2O3)-c2cccc3c2C(=CC3)c2cnc(o2)-c2nc1oc24. The predicted octanol–water partition coefficient (Wildman–Crippen LogP) is 7.13. The minimum Gasteiger partial charge on any atom is -0.469 e. The number of aromatic nitrogens is 2. The van der Waals surface area contributed by atoms with Gasteiger partial charge in [0.25, 0.3) is 0 Å². The van der Waals surface area contributed by atoms with Crippen LogP contribution in [0.1, 0.15) is 84.4 Å². The molecule has 6 aliphatic rings. The average Bonchev–Trinajstić information content (AvgIpc) is 3.46. The van der Waals surface area contributed by atoms with E-state index in [2.05, 4.69) is 59.2 Å². The molecular formula is C41H34N4O5. The first-order valence-corrected chi connectivity index (χ1v) is 17.7. The van der Waals surface area contributed by atoms with E-state index in [1.54, 1.807) is 6.20 Å². The normalized spacial score (nSPS) is 24.7. The molecule has 3 aromatic carbocycles. The van der Waals surface area contributed by atoms with Crippen LogP contribution in [-0.2, 0) is 27.8 Å². The van der Waals surface area contributed by atoms with Crippen LogP contribution in [-0.4, -0.2) is 27.9 Å². The third kappa shape index (κ3) is 3.72. The van der Waals surface area contributed by atoms with Crippen LogP contribution in [0.2, 0.25) is 0 Å². The summed E-state index contributed by atoms with van der Waals surface area (Å²) in [7, 11) is 0. The molecule has 2 unspecified atom stereocenters. The number of ether oxygens (including phenoxy) is 1. The molecule has 1 saturated carbocycles. The van der Waals surface area contributed by atoms with Crippen molar-refractivity contribution in [2.24, 2.45) is 17.8 Å². The maximum absolute atomic E-state index is 14.1. The number of para-hydroxylation sites is 1. The summed E-state index contributed by atoms with van der Waals surface area (Å²) >= 11 is 0. The number of amides is 1. The van der Waals surface area contributed by atoms with Crippen molar-refractivity contribution in [1.82, 2.24) is 15.3 Å². The second-order valence-electron chi connectivity index (χ2n) is 15.0. The zero-order valence-corrected chi connectivity index (χ0v) is 27.7. The number of Topliss-reactive ketones (excluding diaryl/α,β-unsaturated/α-hetero) is 1. The van der Waals surface area contributed by atoms with Crippen LogP contribution in [0.25, 0.3) is 28.3 Å². The maximum atomic E-state index is 14.1. The average molecular weight is 663 g/mol. The number of fused-ring (bicyclic) bond motifs is 7. The number of benzene rings is 3. The van der Waals surface area contributed by atoms with Gasteiger partial charge in [0.15, 0.2) is 23.4 Å². The van der Waals surface area contributed by atoms with Gasteiger partial charge in [0.05, 0.1) is 6.20 Å². The highest BCUT2D eigenvalue weighted by atomic mass is 16.5. The second-order valence-corrected chi connectivity index (χ2v) is 15.0. The van der Waals surface area contributed by atoms with Gasteiger partial charge in [-0.2, -0.15) is 0 Å². The quantitative estimate of drug-likeness (QED) is 0.209. The standard InChI is InChI=1S/C41H34N4O5/c1-19(2)33-39-44-35-36(50-39)41-27-8-4-7-25(24-6-3-5-22-12-13-26(32(22)24)31-18-42-38(35)48-31)34(27)45-40(41)49-30-14-9-20(16-28(30)41)15-23(37(47)43-33)17-29(46)21-10-11-21/h3-9,13-14,16,18-19,21,23,33,40,45H,10-12,15,17H2,1-2H3,(H,43,47)/t23?,33-,40-,41?/m0/s1. The zero-order valence-electron chi connectivity index (χ0n) is 27.7. The Morgan fingerprint density at radius 2 is 1.88 bits per heavy atom. The molecule has 2 aromatic heterocycles. The molecule has 10 bridgehead atoms. The smallest absolute Gasteiger partial charge is 0.249 e. The number of hydrogen-bond donors (Lipinski definition) is 2. The van der Waals surface area contributed by atoms with Crippen molar-refractivity contribution in [2.75, 3.05) is 5.32 Å². The van der Waals surface area contributed by atoms with E-state index in [0.29, 0.717) is 35.4 Å². The van der Waals surface area contributed by atoms with Gasteiger partial charge in [-0.1, -0.05) is 68.5 Å². The number of nitrogens with one attached hydrogen (secondary N) is 2. The summed E-state index contributed by atoms with van der Waals surface area (Å²) in [5.41, 5.74) is 8.93. The van der Waals surface area contributed by atoms with Gasteiger partial charge in [0.2, 0.25) is 17.7 Å².